The fourth-order valence-electron chi connectivity index (χ4n) is 1.85. The van der Waals surface area contributed by atoms with E-state index in [2.05, 4.69) is 39.4 Å². The van der Waals surface area contributed by atoms with Crippen LogP contribution in [0.1, 0.15) is 30.0 Å². The summed E-state index contributed by atoms with van der Waals surface area (Å²) in [6.07, 6.45) is 2.74. The lowest BCUT2D eigenvalue weighted by atomic mass is 10.1. The van der Waals surface area contributed by atoms with E-state index in [0.29, 0.717) is 5.02 Å². The molecule has 18 heavy (non-hydrogen) atoms. The zero-order valence-corrected chi connectivity index (χ0v) is 13.4. The van der Waals surface area contributed by atoms with E-state index in [4.69, 9.17) is 17.3 Å². The third kappa shape index (κ3) is 2.79. The van der Waals surface area contributed by atoms with E-state index in [1.54, 1.807) is 11.3 Å². The molecule has 6 heteroatoms. The maximum absolute atomic E-state index is 6.24. The summed E-state index contributed by atoms with van der Waals surface area (Å²) in [4.78, 5) is 1.19. The third-order valence-corrected chi connectivity index (χ3v) is 5.03. The number of halogens is 2. The van der Waals surface area contributed by atoms with Gasteiger partial charge in [-0.3, -0.25) is 4.68 Å². The largest absolute Gasteiger partial charge is 0.326 e. The Labute approximate surface area is 124 Å². The van der Waals surface area contributed by atoms with Crippen molar-refractivity contribution in [2.24, 2.45) is 5.73 Å². The molecule has 2 aromatic heterocycles. The first-order valence-corrected chi connectivity index (χ1v) is 7.78. The number of nitrogens with two attached hydrogens (primary N) is 1. The average molecular weight is 349 g/mol. The van der Waals surface area contributed by atoms with Crippen LogP contribution in [0.3, 0.4) is 0 Å². The van der Waals surface area contributed by atoms with Gasteiger partial charge in [0.25, 0.3) is 0 Å². The molecule has 0 spiro atoms. The van der Waals surface area contributed by atoms with Crippen molar-refractivity contribution < 1.29 is 0 Å². The summed E-state index contributed by atoms with van der Waals surface area (Å²) in [7, 11) is 0. The minimum absolute atomic E-state index is 0.0194. The molecule has 0 radical (unpaired) electrons. The van der Waals surface area contributed by atoms with Crippen LogP contribution >= 0.6 is 38.9 Å². The molecule has 2 heterocycles. The average Bonchev–Trinajstić information content (AvgIpc) is 2.87. The zero-order valence-electron chi connectivity index (χ0n) is 10.2. The highest BCUT2D eigenvalue weighted by molar-refractivity contribution is 9.10. The number of thiophene rings is 1. The Kier molecular flexibility index (Phi) is 4.48. The van der Waals surface area contributed by atoms with Gasteiger partial charge in [-0.2, -0.15) is 5.10 Å². The van der Waals surface area contributed by atoms with Crippen LogP contribution in [-0.4, -0.2) is 15.8 Å². The van der Waals surface area contributed by atoms with E-state index in [0.717, 1.165) is 16.6 Å². The van der Waals surface area contributed by atoms with Gasteiger partial charge in [-0.05, 0) is 35.3 Å². The van der Waals surface area contributed by atoms with E-state index in [9.17, 15) is 0 Å². The van der Waals surface area contributed by atoms with E-state index in [1.807, 2.05) is 17.8 Å². The quantitative estimate of drug-likeness (QED) is 0.907. The first-order chi connectivity index (χ1) is 8.52. The molecule has 0 aliphatic carbocycles. The van der Waals surface area contributed by atoms with E-state index >= 15 is 0 Å². The van der Waals surface area contributed by atoms with E-state index in [-0.39, 0.29) is 12.1 Å². The Morgan fingerprint density at radius 3 is 2.78 bits per heavy atom. The van der Waals surface area contributed by atoms with Crippen molar-refractivity contribution in [3.05, 3.63) is 37.7 Å². The fraction of sp³-hybridized carbons (Fsp3) is 0.417. The van der Waals surface area contributed by atoms with Gasteiger partial charge in [-0.15, -0.1) is 11.3 Å². The van der Waals surface area contributed by atoms with Gasteiger partial charge in [0.1, 0.15) is 6.04 Å². The lowest BCUT2D eigenvalue weighted by molar-refractivity contribution is 0.428. The molecule has 2 rings (SSSR count). The smallest absolute Gasteiger partial charge is 0.101 e. The second-order valence-electron chi connectivity index (χ2n) is 4.23. The molecule has 98 valence electrons. The topological polar surface area (TPSA) is 43.8 Å². The van der Waals surface area contributed by atoms with Crippen molar-refractivity contribution in [3.63, 3.8) is 0 Å². The van der Waals surface area contributed by atoms with Crippen molar-refractivity contribution in [1.29, 1.82) is 0 Å². The molecule has 0 aliphatic heterocycles. The molecule has 0 bridgehead atoms. The van der Waals surface area contributed by atoms with Crippen LogP contribution in [0.2, 0.25) is 5.02 Å². The highest BCUT2D eigenvalue weighted by Gasteiger charge is 2.23. The second kappa shape index (κ2) is 5.74. The SMILES string of the molecule is CCC(N)C(c1cc(Br)cs1)n1cc(Cl)c(C)n1. The van der Waals surface area contributed by atoms with Crippen LogP contribution in [0.5, 0.6) is 0 Å². The minimum Gasteiger partial charge on any atom is -0.326 e. The van der Waals surface area contributed by atoms with Gasteiger partial charge in [-0.25, -0.2) is 0 Å². The Balaban J connectivity index is 2.42. The predicted octanol–water partition coefficient (Wildman–Crippen LogP) is 4.00. The van der Waals surface area contributed by atoms with Crippen molar-refractivity contribution in [2.75, 3.05) is 0 Å². The molecule has 0 saturated heterocycles. The Morgan fingerprint density at radius 2 is 2.33 bits per heavy atom. The number of aryl methyl sites for hydroxylation is 1. The van der Waals surface area contributed by atoms with Crippen LogP contribution in [0.15, 0.2) is 22.1 Å². The third-order valence-electron chi connectivity index (χ3n) is 2.90. The Bertz CT molecular complexity index is 518. The molecule has 2 atom stereocenters. The summed E-state index contributed by atoms with van der Waals surface area (Å²) in [5, 5.41) is 7.20. The van der Waals surface area contributed by atoms with Crippen LogP contribution in [-0.2, 0) is 0 Å². The zero-order chi connectivity index (χ0) is 13.3. The standard InChI is InChI=1S/C12H15BrClN3S/c1-3-10(15)12(11-4-8(13)6-18-11)17-5-9(14)7(2)16-17/h4-6,10,12H,3,15H2,1-2H3. The highest BCUT2D eigenvalue weighted by atomic mass is 79.9. The van der Waals surface area contributed by atoms with E-state index < -0.39 is 0 Å². The number of rotatable bonds is 4. The number of hydrogen-bond donors (Lipinski definition) is 1. The molecule has 0 saturated carbocycles. The lowest BCUT2D eigenvalue weighted by Crippen LogP contribution is -2.32. The summed E-state index contributed by atoms with van der Waals surface area (Å²) in [5.41, 5.74) is 7.07. The fourth-order valence-corrected chi connectivity index (χ4v) is 3.60. The summed E-state index contributed by atoms with van der Waals surface area (Å²) in [6, 6.07) is 2.15. The van der Waals surface area contributed by atoms with Gasteiger partial charge in [0, 0.05) is 27.0 Å². The van der Waals surface area contributed by atoms with Gasteiger partial charge >= 0.3 is 0 Å². The predicted molar refractivity (Wildman–Crippen MR) is 80.4 cm³/mol. The van der Waals surface area contributed by atoms with Crippen molar-refractivity contribution in [2.45, 2.75) is 32.4 Å². The number of aromatic nitrogens is 2. The Hall–Kier alpha value is -0.360. The van der Waals surface area contributed by atoms with Gasteiger partial charge in [0.2, 0.25) is 0 Å². The summed E-state index contributed by atoms with van der Waals surface area (Å²) in [5.74, 6) is 0. The highest BCUT2D eigenvalue weighted by Crippen LogP contribution is 2.31. The normalized spacial score (nSPS) is 14.7. The van der Waals surface area contributed by atoms with Crippen LogP contribution in [0, 0.1) is 6.92 Å². The number of nitrogens with zero attached hydrogens (tertiary/aromatic N) is 2. The summed E-state index contributed by atoms with van der Waals surface area (Å²) >= 11 is 11.2. The minimum atomic E-state index is 0.0194. The van der Waals surface area contributed by atoms with Crippen LogP contribution < -0.4 is 5.73 Å². The van der Waals surface area contributed by atoms with Crippen molar-refractivity contribution in [1.82, 2.24) is 9.78 Å². The van der Waals surface area contributed by atoms with Crippen molar-refractivity contribution >= 4 is 38.9 Å². The molecular weight excluding hydrogens is 334 g/mol. The molecule has 2 unspecified atom stereocenters. The molecule has 0 fully saturated rings. The molecule has 0 aliphatic rings. The molecule has 0 aromatic carbocycles. The van der Waals surface area contributed by atoms with Crippen molar-refractivity contribution in [3.8, 4) is 0 Å². The van der Waals surface area contributed by atoms with Crippen LogP contribution in [0.25, 0.3) is 0 Å². The summed E-state index contributed by atoms with van der Waals surface area (Å²) in [6.45, 7) is 3.98. The van der Waals surface area contributed by atoms with Gasteiger partial charge < -0.3 is 5.73 Å². The lowest BCUT2D eigenvalue weighted by Gasteiger charge is -2.22. The van der Waals surface area contributed by atoms with Crippen LogP contribution in [0.4, 0.5) is 0 Å². The van der Waals surface area contributed by atoms with E-state index in [1.165, 1.54) is 4.88 Å². The molecule has 2 N–H and O–H groups in total. The Morgan fingerprint density at radius 1 is 1.61 bits per heavy atom. The molecule has 3 nitrogen and oxygen atoms in total. The molecular formula is C12H15BrClN3S. The first-order valence-electron chi connectivity index (χ1n) is 5.73. The maximum Gasteiger partial charge on any atom is 0.101 e. The second-order valence-corrected chi connectivity index (χ2v) is 6.49. The maximum atomic E-state index is 6.24. The van der Waals surface area contributed by atoms with Gasteiger partial charge in [-0.1, -0.05) is 18.5 Å². The first kappa shape index (κ1) is 14.1. The monoisotopic (exact) mass is 347 g/mol. The molecule has 2 aromatic rings. The van der Waals surface area contributed by atoms with Gasteiger partial charge in [0.15, 0.2) is 0 Å². The summed E-state index contributed by atoms with van der Waals surface area (Å²) < 4.78 is 2.95. The number of hydrogen-bond acceptors (Lipinski definition) is 3. The van der Waals surface area contributed by atoms with Gasteiger partial charge in [0.05, 0.1) is 10.7 Å². The molecule has 0 amide bonds.